The van der Waals surface area contributed by atoms with Crippen LogP contribution in [-0.2, 0) is 11.3 Å². The van der Waals surface area contributed by atoms with Crippen molar-refractivity contribution in [1.29, 1.82) is 0 Å². The molecular weight excluding hydrogens is 228 g/mol. The van der Waals surface area contributed by atoms with E-state index >= 15 is 0 Å². The largest absolute Gasteiger partial charge is 0.409 e. The van der Waals surface area contributed by atoms with E-state index in [9.17, 15) is 4.79 Å². The van der Waals surface area contributed by atoms with E-state index in [1.165, 1.54) is 11.3 Å². The van der Waals surface area contributed by atoms with E-state index in [-0.39, 0.29) is 11.7 Å². The van der Waals surface area contributed by atoms with E-state index in [4.69, 9.17) is 10.9 Å². The van der Waals surface area contributed by atoms with E-state index in [0.29, 0.717) is 13.0 Å². The number of carbonyl (C=O) groups excluding carboxylic acids is 1. The summed E-state index contributed by atoms with van der Waals surface area (Å²) in [4.78, 5) is 16.5. The number of oxime groups is 1. The van der Waals surface area contributed by atoms with Gasteiger partial charge >= 0.3 is 0 Å². The molecular formula is C9H14N4O2S. The monoisotopic (exact) mass is 242 g/mol. The fourth-order valence-electron chi connectivity index (χ4n) is 1.23. The first-order chi connectivity index (χ1) is 7.69. The van der Waals surface area contributed by atoms with Crippen LogP contribution < -0.4 is 11.1 Å². The Hall–Kier alpha value is -1.63. The molecule has 16 heavy (non-hydrogen) atoms. The Morgan fingerprint density at radius 3 is 3.06 bits per heavy atom. The molecule has 7 heteroatoms. The molecule has 1 unspecified atom stereocenters. The Balaban J connectivity index is 2.50. The number of thiazole rings is 1. The lowest BCUT2D eigenvalue weighted by molar-refractivity contribution is -0.123. The minimum atomic E-state index is -0.585. The number of carbonyl (C=O) groups is 1. The SMILES string of the molecule is CCC(C(=O)NCc1cncs1)C(N)=NO. The summed E-state index contributed by atoms with van der Waals surface area (Å²) in [5, 5.41) is 14.1. The van der Waals surface area contributed by atoms with Gasteiger partial charge in [0, 0.05) is 11.1 Å². The lowest BCUT2D eigenvalue weighted by Crippen LogP contribution is -2.38. The molecule has 6 nitrogen and oxygen atoms in total. The standard InChI is InChI=1S/C9H14N4O2S/c1-2-7(8(10)13-15)9(14)12-4-6-3-11-5-16-6/h3,5,7,15H,2,4H2,1H3,(H2,10,13)(H,12,14). The van der Waals surface area contributed by atoms with Crippen molar-refractivity contribution in [1.82, 2.24) is 10.3 Å². The highest BCUT2D eigenvalue weighted by Gasteiger charge is 2.20. The third-order valence-corrected chi connectivity index (χ3v) is 2.90. The first-order valence-corrected chi connectivity index (χ1v) is 5.69. The zero-order valence-corrected chi connectivity index (χ0v) is 9.70. The van der Waals surface area contributed by atoms with Crippen molar-refractivity contribution < 1.29 is 10.0 Å². The Labute approximate surface area is 97.2 Å². The molecule has 0 radical (unpaired) electrons. The molecule has 0 saturated heterocycles. The zero-order chi connectivity index (χ0) is 12.0. The highest BCUT2D eigenvalue weighted by molar-refractivity contribution is 7.09. The van der Waals surface area contributed by atoms with Crippen LogP contribution in [0.15, 0.2) is 16.9 Å². The van der Waals surface area contributed by atoms with Crippen molar-refractivity contribution in [3.63, 3.8) is 0 Å². The maximum Gasteiger partial charge on any atom is 0.231 e. The highest BCUT2D eigenvalue weighted by Crippen LogP contribution is 2.07. The van der Waals surface area contributed by atoms with Gasteiger partial charge in [-0.2, -0.15) is 0 Å². The number of nitrogens with two attached hydrogens (primary N) is 1. The molecule has 88 valence electrons. The van der Waals surface area contributed by atoms with Gasteiger partial charge in [0.1, 0.15) is 0 Å². The van der Waals surface area contributed by atoms with Gasteiger partial charge in [-0.3, -0.25) is 9.78 Å². The quantitative estimate of drug-likeness (QED) is 0.303. The molecule has 0 spiro atoms. The first kappa shape index (κ1) is 12.4. The second kappa shape index (κ2) is 6.06. The van der Waals surface area contributed by atoms with Gasteiger partial charge in [-0.15, -0.1) is 11.3 Å². The van der Waals surface area contributed by atoms with Crippen molar-refractivity contribution in [2.45, 2.75) is 19.9 Å². The first-order valence-electron chi connectivity index (χ1n) is 4.81. The van der Waals surface area contributed by atoms with E-state index < -0.39 is 5.92 Å². The second-order valence-corrected chi connectivity index (χ2v) is 4.14. The Bertz CT molecular complexity index is 364. The molecule has 1 rings (SSSR count). The van der Waals surface area contributed by atoms with Gasteiger partial charge in [-0.25, -0.2) is 0 Å². The molecule has 0 fully saturated rings. The molecule has 1 amide bonds. The number of amidine groups is 1. The minimum Gasteiger partial charge on any atom is -0.409 e. The summed E-state index contributed by atoms with van der Waals surface area (Å²) < 4.78 is 0. The van der Waals surface area contributed by atoms with Crippen LogP contribution in [0.2, 0.25) is 0 Å². The van der Waals surface area contributed by atoms with Crippen molar-refractivity contribution in [2.75, 3.05) is 0 Å². The van der Waals surface area contributed by atoms with Gasteiger partial charge in [0.2, 0.25) is 5.91 Å². The zero-order valence-electron chi connectivity index (χ0n) is 8.88. The average Bonchev–Trinajstić information content (AvgIpc) is 2.79. The van der Waals surface area contributed by atoms with Gasteiger partial charge in [0.15, 0.2) is 5.84 Å². The van der Waals surface area contributed by atoms with Crippen molar-refractivity contribution >= 4 is 23.1 Å². The summed E-state index contributed by atoms with van der Waals surface area (Å²) in [5.74, 6) is -0.895. The summed E-state index contributed by atoms with van der Waals surface area (Å²) in [6.45, 7) is 2.22. The van der Waals surface area contributed by atoms with Crippen molar-refractivity contribution in [2.24, 2.45) is 16.8 Å². The van der Waals surface area contributed by atoms with E-state index in [0.717, 1.165) is 4.88 Å². The number of nitrogens with one attached hydrogen (secondary N) is 1. The molecule has 4 N–H and O–H groups in total. The van der Waals surface area contributed by atoms with Crippen LogP contribution in [-0.4, -0.2) is 21.9 Å². The number of rotatable bonds is 5. The van der Waals surface area contributed by atoms with Crippen molar-refractivity contribution in [3.05, 3.63) is 16.6 Å². The number of amides is 1. The summed E-state index contributed by atoms with van der Waals surface area (Å²) in [5.41, 5.74) is 7.10. The van der Waals surface area contributed by atoms with Crippen LogP contribution >= 0.6 is 11.3 Å². The van der Waals surface area contributed by atoms with Crippen LogP contribution in [0.4, 0.5) is 0 Å². The molecule has 0 aliphatic rings. The van der Waals surface area contributed by atoms with Crippen LogP contribution in [0.25, 0.3) is 0 Å². The third-order valence-electron chi connectivity index (χ3n) is 2.12. The summed E-state index contributed by atoms with van der Waals surface area (Å²) in [6, 6.07) is 0. The van der Waals surface area contributed by atoms with E-state index in [1.54, 1.807) is 18.6 Å². The Kier molecular flexibility index (Phi) is 4.71. The third kappa shape index (κ3) is 3.20. The molecule has 0 aliphatic heterocycles. The van der Waals surface area contributed by atoms with Gasteiger partial charge in [0.25, 0.3) is 0 Å². The van der Waals surface area contributed by atoms with Gasteiger partial charge < -0.3 is 16.3 Å². The summed E-state index contributed by atoms with van der Waals surface area (Å²) in [7, 11) is 0. The number of hydrogen-bond acceptors (Lipinski definition) is 5. The topological polar surface area (TPSA) is 101 Å². The summed E-state index contributed by atoms with van der Waals surface area (Å²) >= 11 is 1.46. The average molecular weight is 242 g/mol. The fourth-order valence-corrected chi connectivity index (χ4v) is 1.76. The second-order valence-electron chi connectivity index (χ2n) is 3.17. The van der Waals surface area contributed by atoms with Crippen LogP contribution in [0, 0.1) is 5.92 Å². The molecule has 0 aliphatic carbocycles. The van der Waals surface area contributed by atoms with Crippen LogP contribution in [0.5, 0.6) is 0 Å². The lowest BCUT2D eigenvalue weighted by atomic mass is 10.1. The fraction of sp³-hybridized carbons (Fsp3) is 0.444. The lowest BCUT2D eigenvalue weighted by Gasteiger charge is -2.12. The Morgan fingerprint density at radius 1 is 1.81 bits per heavy atom. The maximum atomic E-state index is 11.7. The molecule has 1 aromatic heterocycles. The van der Waals surface area contributed by atoms with E-state index in [1.807, 2.05) is 0 Å². The number of hydrogen-bond donors (Lipinski definition) is 3. The normalized spacial score (nSPS) is 13.4. The Morgan fingerprint density at radius 2 is 2.56 bits per heavy atom. The molecule has 0 aromatic carbocycles. The molecule has 1 aromatic rings. The highest BCUT2D eigenvalue weighted by atomic mass is 32.1. The van der Waals surface area contributed by atoms with Crippen LogP contribution in [0.3, 0.4) is 0 Å². The maximum absolute atomic E-state index is 11.7. The predicted octanol–water partition coefficient (Wildman–Crippen LogP) is 0.532. The molecule has 1 heterocycles. The molecule has 0 bridgehead atoms. The number of nitrogens with zero attached hydrogens (tertiary/aromatic N) is 2. The number of aromatic nitrogens is 1. The predicted molar refractivity (Wildman–Crippen MR) is 61.2 cm³/mol. The van der Waals surface area contributed by atoms with E-state index in [2.05, 4.69) is 15.5 Å². The van der Waals surface area contributed by atoms with Gasteiger partial charge in [-0.05, 0) is 6.42 Å². The summed E-state index contributed by atoms with van der Waals surface area (Å²) in [6.07, 6.45) is 2.18. The van der Waals surface area contributed by atoms with Crippen molar-refractivity contribution in [3.8, 4) is 0 Å². The molecule has 1 atom stereocenters. The smallest absolute Gasteiger partial charge is 0.231 e. The van der Waals surface area contributed by atoms with Crippen LogP contribution in [0.1, 0.15) is 18.2 Å². The van der Waals surface area contributed by atoms with Gasteiger partial charge in [-0.1, -0.05) is 12.1 Å². The van der Waals surface area contributed by atoms with Gasteiger partial charge in [0.05, 0.1) is 18.0 Å². The molecule has 0 saturated carbocycles. The minimum absolute atomic E-state index is 0.0655.